The van der Waals surface area contributed by atoms with Gasteiger partial charge in [-0.05, 0) is 54.1 Å². The van der Waals surface area contributed by atoms with E-state index in [-0.39, 0.29) is 11.6 Å². The van der Waals surface area contributed by atoms with Crippen LogP contribution in [0.4, 0.5) is 5.69 Å². The minimum Gasteiger partial charge on any atom is -0.321 e. The van der Waals surface area contributed by atoms with E-state index in [2.05, 4.69) is 26.6 Å². The van der Waals surface area contributed by atoms with Gasteiger partial charge in [0.15, 0.2) is 0 Å². The van der Waals surface area contributed by atoms with Gasteiger partial charge in [-0.15, -0.1) is 0 Å². The molecule has 0 aliphatic rings. The normalized spacial score (nSPS) is 11.0. The van der Waals surface area contributed by atoms with Crippen molar-refractivity contribution in [2.24, 2.45) is 0 Å². The molecule has 0 bridgehead atoms. The fraction of sp³-hybridized carbons (Fsp3) is 0. The number of hydrogen-bond acceptors (Lipinski definition) is 2. The Morgan fingerprint density at radius 2 is 1.61 bits per heavy atom. The van der Waals surface area contributed by atoms with Gasteiger partial charge in [0.2, 0.25) is 0 Å². The summed E-state index contributed by atoms with van der Waals surface area (Å²) in [7, 11) is 0. The van der Waals surface area contributed by atoms with E-state index in [0.717, 1.165) is 10.0 Å². The zero-order chi connectivity index (χ0) is 19.9. The summed E-state index contributed by atoms with van der Waals surface area (Å²) in [5, 5.41) is 5.96. The van der Waals surface area contributed by atoms with Crippen molar-refractivity contribution in [2.45, 2.75) is 0 Å². The molecule has 0 radical (unpaired) electrons. The Bertz CT molecular complexity index is 1020. The lowest BCUT2D eigenvalue weighted by Gasteiger charge is -2.11. The molecule has 2 N–H and O–H groups in total. The van der Waals surface area contributed by atoms with Gasteiger partial charge in [0.1, 0.15) is 5.70 Å². The highest BCUT2D eigenvalue weighted by Gasteiger charge is 2.15. The van der Waals surface area contributed by atoms with E-state index < -0.39 is 5.91 Å². The molecule has 0 spiro atoms. The first-order valence-electron chi connectivity index (χ1n) is 8.42. The fourth-order valence-corrected chi connectivity index (χ4v) is 2.89. The number of carbonyl (C=O) groups excluding carboxylic acids is 2. The Labute approximate surface area is 176 Å². The Morgan fingerprint density at radius 1 is 0.893 bits per heavy atom. The largest absolute Gasteiger partial charge is 0.321 e. The van der Waals surface area contributed by atoms with E-state index in [9.17, 15) is 9.59 Å². The van der Waals surface area contributed by atoms with E-state index in [4.69, 9.17) is 11.6 Å². The van der Waals surface area contributed by atoms with Crippen molar-refractivity contribution in [3.05, 3.63) is 105 Å². The van der Waals surface area contributed by atoms with Crippen LogP contribution in [0.15, 0.2) is 89.0 Å². The average molecular weight is 456 g/mol. The van der Waals surface area contributed by atoms with Gasteiger partial charge < -0.3 is 10.6 Å². The molecule has 6 heteroatoms. The molecule has 0 aromatic heterocycles. The van der Waals surface area contributed by atoms with Crippen LogP contribution in [0, 0.1) is 0 Å². The predicted molar refractivity (Wildman–Crippen MR) is 116 cm³/mol. The third-order valence-electron chi connectivity index (χ3n) is 3.79. The molecule has 0 saturated heterocycles. The molecule has 0 heterocycles. The van der Waals surface area contributed by atoms with Crippen LogP contribution in [-0.4, -0.2) is 11.8 Å². The Kier molecular flexibility index (Phi) is 6.63. The van der Waals surface area contributed by atoms with E-state index >= 15 is 0 Å². The molecule has 4 nitrogen and oxygen atoms in total. The molecule has 3 aromatic rings. The summed E-state index contributed by atoms with van der Waals surface area (Å²) in [4.78, 5) is 25.4. The number of rotatable bonds is 5. The van der Waals surface area contributed by atoms with Gasteiger partial charge >= 0.3 is 0 Å². The average Bonchev–Trinajstić information content (AvgIpc) is 2.69. The second-order valence-corrected chi connectivity index (χ2v) is 7.25. The summed E-state index contributed by atoms with van der Waals surface area (Å²) in [6.45, 7) is 0. The summed E-state index contributed by atoms with van der Waals surface area (Å²) in [5.74, 6) is -0.820. The zero-order valence-corrected chi connectivity index (χ0v) is 17.0. The van der Waals surface area contributed by atoms with Gasteiger partial charge in [-0.2, -0.15) is 0 Å². The molecular formula is C22H16BrClN2O2. The topological polar surface area (TPSA) is 58.2 Å². The van der Waals surface area contributed by atoms with Crippen molar-refractivity contribution < 1.29 is 9.59 Å². The van der Waals surface area contributed by atoms with E-state index in [1.54, 1.807) is 54.6 Å². The van der Waals surface area contributed by atoms with E-state index in [1.807, 2.05) is 30.3 Å². The first-order valence-corrected chi connectivity index (χ1v) is 9.59. The molecule has 0 aliphatic carbocycles. The number of benzene rings is 3. The van der Waals surface area contributed by atoms with Gasteiger partial charge in [0, 0.05) is 20.7 Å². The number of nitrogens with one attached hydrogen (secondary N) is 2. The van der Waals surface area contributed by atoms with Crippen LogP contribution in [0.25, 0.3) is 6.08 Å². The first kappa shape index (κ1) is 19.9. The zero-order valence-electron chi connectivity index (χ0n) is 14.7. The van der Waals surface area contributed by atoms with Crippen molar-refractivity contribution in [1.29, 1.82) is 0 Å². The molecular weight excluding hydrogens is 440 g/mol. The number of amides is 2. The van der Waals surface area contributed by atoms with Crippen LogP contribution in [0.5, 0.6) is 0 Å². The second kappa shape index (κ2) is 9.35. The maximum atomic E-state index is 12.8. The quantitative estimate of drug-likeness (QED) is 0.498. The minimum atomic E-state index is -0.450. The molecule has 0 fully saturated rings. The highest BCUT2D eigenvalue weighted by molar-refractivity contribution is 9.10. The minimum absolute atomic E-state index is 0.121. The highest BCUT2D eigenvalue weighted by Crippen LogP contribution is 2.17. The molecule has 0 aliphatic heterocycles. The Hall–Kier alpha value is -2.89. The van der Waals surface area contributed by atoms with Gasteiger partial charge in [-0.25, -0.2) is 0 Å². The maximum absolute atomic E-state index is 12.8. The molecule has 0 saturated carbocycles. The molecule has 0 unspecified atom stereocenters. The number of halogens is 2. The molecule has 3 aromatic carbocycles. The van der Waals surface area contributed by atoms with Crippen molar-refractivity contribution >= 4 is 51.1 Å². The van der Waals surface area contributed by atoms with E-state index in [0.29, 0.717) is 16.3 Å². The van der Waals surface area contributed by atoms with Crippen molar-refractivity contribution in [3.8, 4) is 0 Å². The smallest absolute Gasteiger partial charge is 0.272 e. The van der Waals surface area contributed by atoms with Crippen LogP contribution in [0.3, 0.4) is 0 Å². The summed E-state index contributed by atoms with van der Waals surface area (Å²) >= 11 is 9.36. The second-order valence-electron chi connectivity index (χ2n) is 5.89. The van der Waals surface area contributed by atoms with Gasteiger partial charge in [0.05, 0.1) is 0 Å². The van der Waals surface area contributed by atoms with Crippen LogP contribution < -0.4 is 10.6 Å². The molecule has 140 valence electrons. The summed E-state index contributed by atoms with van der Waals surface area (Å²) in [6, 6.07) is 22.9. The molecule has 28 heavy (non-hydrogen) atoms. The summed E-state index contributed by atoms with van der Waals surface area (Å²) in [5.41, 5.74) is 1.89. The SMILES string of the molecule is O=C(Nc1cccc(Cl)c1)C(=Cc1ccc(Br)cc1)NC(=O)c1ccccc1. The van der Waals surface area contributed by atoms with Gasteiger partial charge in [0.25, 0.3) is 11.8 Å². The Balaban J connectivity index is 1.88. The van der Waals surface area contributed by atoms with Crippen molar-refractivity contribution in [2.75, 3.05) is 5.32 Å². The first-order chi connectivity index (χ1) is 13.5. The van der Waals surface area contributed by atoms with Gasteiger partial charge in [-0.3, -0.25) is 9.59 Å². The monoisotopic (exact) mass is 454 g/mol. The number of hydrogen-bond donors (Lipinski definition) is 2. The van der Waals surface area contributed by atoms with E-state index in [1.165, 1.54) is 0 Å². The predicted octanol–water partition coefficient (Wildman–Crippen LogP) is 5.51. The fourth-order valence-electron chi connectivity index (χ4n) is 2.43. The summed E-state index contributed by atoms with van der Waals surface area (Å²) < 4.78 is 0.919. The molecule has 2 amide bonds. The van der Waals surface area contributed by atoms with Gasteiger partial charge in [-0.1, -0.05) is 63.9 Å². The molecule has 0 atom stereocenters. The third-order valence-corrected chi connectivity index (χ3v) is 4.56. The van der Waals surface area contributed by atoms with Crippen molar-refractivity contribution in [3.63, 3.8) is 0 Å². The number of carbonyl (C=O) groups is 2. The molecule has 3 rings (SSSR count). The highest BCUT2D eigenvalue weighted by atomic mass is 79.9. The van der Waals surface area contributed by atoms with Crippen molar-refractivity contribution in [1.82, 2.24) is 5.32 Å². The summed E-state index contributed by atoms with van der Waals surface area (Å²) in [6.07, 6.45) is 1.62. The van der Waals surface area contributed by atoms with Crippen LogP contribution in [0.1, 0.15) is 15.9 Å². The standard InChI is InChI=1S/C22H16BrClN2O2/c23-17-11-9-15(10-12-17)13-20(26-21(27)16-5-2-1-3-6-16)22(28)25-19-8-4-7-18(24)14-19/h1-14H,(H,25,28)(H,26,27). The van der Waals surface area contributed by atoms with Crippen LogP contribution >= 0.6 is 27.5 Å². The lowest BCUT2D eigenvalue weighted by Crippen LogP contribution is -2.30. The van der Waals surface area contributed by atoms with Crippen LogP contribution in [-0.2, 0) is 4.79 Å². The maximum Gasteiger partial charge on any atom is 0.272 e. The lowest BCUT2D eigenvalue weighted by atomic mass is 10.1. The Morgan fingerprint density at radius 3 is 2.29 bits per heavy atom. The third kappa shape index (κ3) is 5.55. The lowest BCUT2D eigenvalue weighted by molar-refractivity contribution is -0.113. The number of anilines is 1. The van der Waals surface area contributed by atoms with Crippen LogP contribution in [0.2, 0.25) is 5.02 Å².